The predicted molar refractivity (Wildman–Crippen MR) is 66.6 cm³/mol. The van der Waals surface area contributed by atoms with Crippen LogP contribution in [-0.2, 0) is 13.5 Å². The Morgan fingerprint density at radius 1 is 1.56 bits per heavy atom. The van der Waals surface area contributed by atoms with Crippen molar-refractivity contribution in [1.29, 1.82) is 0 Å². The summed E-state index contributed by atoms with van der Waals surface area (Å²) in [4.78, 5) is 0. The molecule has 2 rings (SSSR count). The fraction of sp³-hybridized carbons (Fsp3) is 0.769. The highest BCUT2D eigenvalue weighted by molar-refractivity contribution is 5.28. The molecule has 1 N–H and O–H groups in total. The van der Waals surface area contributed by atoms with Crippen molar-refractivity contribution >= 4 is 0 Å². The van der Waals surface area contributed by atoms with Crippen molar-refractivity contribution in [2.75, 3.05) is 6.54 Å². The van der Waals surface area contributed by atoms with Crippen molar-refractivity contribution in [2.24, 2.45) is 13.0 Å². The van der Waals surface area contributed by atoms with E-state index in [1.54, 1.807) is 0 Å². The topological polar surface area (TPSA) is 29.9 Å². The lowest BCUT2D eigenvalue weighted by Crippen LogP contribution is -2.25. The number of nitrogens with one attached hydrogen (secondary N) is 1. The Balaban J connectivity index is 1.94. The highest BCUT2D eigenvalue weighted by atomic mass is 15.3. The molecule has 0 bridgehead atoms. The van der Waals surface area contributed by atoms with Crippen LogP contribution < -0.4 is 5.32 Å². The van der Waals surface area contributed by atoms with Crippen molar-refractivity contribution in [3.63, 3.8) is 0 Å². The maximum Gasteiger partial charge on any atom is 0.0656 e. The summed E-state index contributed by atoms with van der Waals surface area (Å²) in [6.07, 6.45) is 4.59. The summed E-state index contributed by atoms with van der Waals surface area (Å²) in [6, 6.07) is 0.598. The van der Waals surface area contributed by atoms with Gasteiger partial charge in [0.15, 0.2) is 0 Å². The van der Waals surface area contributed by atoms with E-state index in [1.165, 1.54) is 17.7 Å². The Labute approximate surface area is 98.2 Å². The standard InChI is InChI=1S/C13H23N3/c1-5-13-12(8-16(4)15-13)11-6-10(11)7-14-9(2)3/h8-11,14H,5-7H2,1-4H3. The van der Waals surface area contributed by atoms with Crippen molar-refractivity contribution in [1.82, 2.24) is 15.1 Å². The van der Waals surface area contributed by atoms with E-state index in [0.717, 1.165) is 24.8 Å². The van der Waals surface area contributed by atoms with E-state index in [9.17, 15) is 0 Å². The molecular weight excluding hydrogens is 198 g/mol. The second-order valence-electron chi connectivity index (χ2n) is 5.22. The quantitative estimate of drug-likeness (QED) is 0.825. The zero-order chi connectivity index (χ0) is 11.7. The first kappa shape index (κ1) is 11.6. The van der Waals surface area contributed by atoms with Crippen LogP contribution >= 0.6 is 0 Å². The molecule has 1 fully saturated rings. The zero-order valence-corrected chi connectivity index (χ0v) is 10.8. The average molecular weight is 221 g/mol. The molecule has 1 saturated carbocycles. The highest BCUT2D eigenvalue weighted by Crippen LogP contribution is 2.48. The van der Waals surface area contributed by atoms with E-state index in [1.807, 2.05) is 11.7 Å². The molecule has 0 amide bonds. The first-order chi connectivity index (χ1) is 7.61. The predicted octanol–water partition coefficient (Wildman–Crippen LogP) is 2.08. The first-order valence-corrected chi connectivity index (χ1v) is 6.37. The van der Waals surface area contributed by atoms with Gasteiger partial charge in [-0.05, 0) is 36.8 Å². The summed E-state index contributed by atoms with van der Waals surface area (Å²) in [5.41, 5.74) is 2.78. The minimum Gasteiger partial charge on any atom is -0.314 e. The lowest BCUT2D eigenvalue weighted by molar-refractivity contribution is 0.554. The van der Waals surface area contributed by atoms with E-state index in [2.05, 4.69) is 37.4 Å². The van der Waals surface area contributed by atoms with Gasteiger partial charge >= 0.3 is 0 Å². The Hall–Kier alpha value is -0.830. The van der Waals surface area contributed by atoms with Gasteiger partial charge in [-0.3, -0.25) is 4.68 Å². The summed E-state index contributed by atoms with van der Waals surface area (Å²) in [7, 11) is 2.02. The Morgan fingerprint density at radius 3 is 2.94 bits per heavy atom. The van der Waals surface area contributed by atoms with E-state index in [-0.39, 0.29) is 0 Å². The largest absolute Gasteiger partial charge is 0.314 e. The van der Waals surface area contributed by atoms with Gasteiger partial charge in [-0.2, -0.15) is 5.10 Å². The summed E-state index contributed by atoms with van der Waals surface area (Å²) in [6.45, 7) is 7.76. The number of nitrogens with zero attached hydrogens (tertiary/aromatic N) is 2. The van der Waals surface area contributed by atoms with Gasteiger partial charge in [0, 0.05) is 19.3 Å². The third-order valence-corrected chi connectivity index (χ3v) is 3.38. The molecule has 0 radical (unpaired) electrons. The van der Waals surface area contributed by atoms with Gasteiger partial charge in [0.25, 0.3) is 0 Å². The van der Waals surface area contributed by atoms with E-state index >= 15 is 0 Å². The molecule has 3 nitrogen and oxygen atoms in total. The van der Waals surface area contributed by atoms with Crippen LogP contribution in [0.4, 0.5) is 0 Å². The molecule has 2 atom stereocenters. The zero-order valence-electron chi connectivity index (χ0n) is 10.8. The Kier molecular flexibility index (Phi) is 3.33. The van der Waals surface area contributed by atoms with Crippen LogP contribution in [0.25, 0.3) is 0 Å². The summed E-state index contributed by atoms with van der Waals surface area (Å²) < 4.78 is 1.96. The van der Waals surface area contributed by atoms with Gasteiger partial charge in [-0.1, -0.05) is 20.8 Å². The van der Waals surface area contributed by atoms with Gasteiger partial charge in [-0.15, -0.1) is 0 Å². The summed E-state index contributed by atoms with van der Waals surface area (Å²) in [5.74, 6) is 1.59. The smallest absolute Gasteiger partial charge is 0.0656 e. The molecule has 16 heavy (non-hydrogen) atoms. The van der Waals surface area contributed by atoms with Gasteiger partial charge in [-0.25, -0.2) is 0 Å². The third-order valence-electron chi connectivity index (χ3n) is 3.38. The number of aromatic nitrogens is 2. The first-order valence-electron chi connectivity index (χ1n) is 6.37. The minimum atomic E-state index is 0.598. The molecule has 0 spiro atoms. The lowest BCUT2D eigenvalue weighted by atomic mass is 10.1. The maximum atomic E-state index is 4.52. The van der Waals surface area contributed by atoms with E-state index in [0.29, 0.717) is 6.04 Å². The second kappa shape index (κ2) is 4.58. The molecule has 1 aromatic rings. The minimum absolute atomic E-state index is 0.598. The fourth-order valence-electron chi connectivity index (χ4n) is 2.38. The number of hydrogen-bond donors (Lipinski definition) is 1. The van der Waals surface area contributed by atoms with Gasteiger partial charge in [0.05, 0.1) is 5.69 Å². The van der Waals surface area contributed by atoms with Crippen LogP contribution in [0.1, 0.15) is 44.4 Å². The molecule has 1 aliphatic carbocycles. The van der Waals surface area contributed by atoms with E-state index < -0.39 is 0 Å². The van der Waals surface area contributed by atoms with Gasteiger partial charge < -0.3 is 5.32 Å². The third kappa shape index (κ3) is 2.46. The van der Waals surface area contributed by atoms with Crippen molar-refractivity contribution in [3.05, 3.63) is 17.5 Å². The van der Waals surface area contributed by atoms with Crippen LogP contribution in [0.3, 0.4) is 0 Å². The Bertz CT molecular complexity index is 354. The molecule has 3 heteroatoms. The van der Waals surface area contributed by atoms with Crippen LogP contribution in [-0.4, -0.2) is 22.4 Å². The van der Waals surface area contributed by atoms with Crippen LogP contribution in [0, 0.1) is 5.92 Å². The summed E-state index contributed by atoms with van der Waals surface area (Å²) in [5, 5.41) is 8.04. The molecule has 90 valence electrons. The molecule has 1 aromatic heterocycles. The molecule has 0 aliphatic heterocycles. The summed E-state index contributed by atoms with van der Waals surface area (Å²) >= 11 is 0. The monoisotopic (exact) mass is 221 g/mol. The van der Waals surface area contributed by atoms with E-state index in [4.69, 9.17) is 0 Å². The SMILES string of the molecule is CCc1nn(C)cc1C1CC1CNC(C)C. The molecule has 2 unspecified atom stereocenters. The average Bonchev–Trinajstić information content (AvgIpc) is 2.91. The van der Waals surface area contributed by atoms with Crippen LogP contribution in [0.2, 0.25) is 0 Å². The van der Waals surface area contributed by atoms with Crippen molar-refractivity contribution in [2.45, 2.75) is 45.6 Å². The molecular formula is C13H23N3. The van der Waals surface area contributed by atoms with Gasteiger partial charge in [0.2, 0.25) is 0 Å². The maximum absolute atomic E-state index is 4.52. The van der Waals surface area contributed by atoms with Crippen LogP contribution in [0.15, 0.2) is 6.20 Å². The fourth-order valence-corrected chi connectivity index (χ4v) is 2.38. The number of rotatable bonds is 5. The van der Waals surface area contributed by atoms with Crippen molar-refractivity contribution < 1.29 is 0 Å². The molecule has 0 saturated heterocycles. The number of hydrogen-bond acceptors (Lipinski definition) is 2. The van der Waals surface area contributed by atoms with Gasteiger partial charge in [0.1, 0.15) is 0 Å². The highest BCUT2D eigenvalue weighted by Gasteiger charge is 2.39. The molecule has 1 aliphatic rings. The second-order valence-corrected chi connectivity index (χ2v) is 5.22. The normalized spacial score (nSPS) is 24.1. The van der Waals surface area contributed by atoms with Crippen LogP contribution in [0.5, 0.6) is 0 Å². The van der Waals surface area contributed by atoms with Crippen molar-refractivity contribution in [3.8, 4) is 0 Å². The lowest BCUT2D eigenvalue weighted by Gasteiger charge is -2.06. The molecule has 1 heterocycles. The Morgan fingerprint density at radius 2 is 2.31 bits per heavy atom. The number of aryl methyl sites for hydroxylation is 2. The molecule has 0 aromatic carbocycles.